The van der Waals surface area contributed by atoms with Gasteiger partial charge in [-0.25, -0.2) is 4.98 Å². The monoisotopic (exact) mass is 249 g/mol. The molecule has 0 saturated carbocycles. The van der Waals surface area contributed by atoms with Gasteiger partial charge in [0.2, 0.25) is 0 Å². The SMILES string of the molecule is Cc1nc(N(C)C(C)C)ccc1CNC(C)(C)C. The normalized spacial score (nSPS) is 12.0. The smallest absolute Gasteiger partial charge is 0.128 e. The lowest BCUT2D eigenvalue weighted by molar-refractivity contribution is 0.423. The summed E-state index contributed by atoms with van der Waals surface area (Å²) in [5, 5.41) is 3.50. The molecule has 0 aliphatic heterocycles. The third-order valence-corrected chi connectivity index (χ3v) is 3.13. The summed E-state index contributed by atoms with van der Waals surface area (Å²) in [5.41, 5.74) is 2.52. The highest BCUT2D eigenvalue weighted by Gasteiger charge is 2.11. The number of aromatic nitrogens is 1. The van der Waals surface area contributed by atoms with Crippen LogP contribution in [0.2, 0.25) is 0 Å². The minimum Gasteiger partial charge on any atom is -0.357 e. The van der Waals surface area contributed by atoms with Gasteiger partial charge in [0.05, 0.1) is 0 Å². The average Bonchev–Trinajstić information content (AvgIpc) is 2.25. The maximum Gasteiger partial charge on any atom is 0.128 e. The molecule has 0 radical (unpaired) electrons. The Bertz CT molecular complexity index is 391. The molecular weight excluding hydrogens is 222 g/mol. The Balaban J connectivity index is 2.80. The molecule has 18 heavy (non-hydrogen) atoms. The van der Waals surface area contributed by atoms with Gasteiger partial charge in [-0.1, -0.05) is 6.07 Å². The number of aryl methyl sites for hydroxylation is 1. The highest BCUT2D eigenvalue weighted by molar-refractivity contribution is 5.41. The van der Waals surface area contributed by atoms with Gasteiger partial charge in [0.15, 0.2) is 0 Å². The fraction of sp³-hybridized carbons (Fsp3) is 0.667. The number of nitrogens with one attached hydrogen (secondary N) is 1. The van der Waals surface area contributed by atoms with E-state index in [4.69, 9.17) is 0 Å². The van der Waals surface area contributed by atoms with Gasteiger partial charge in [-0.3, -0.25) is 0 Å². The zero-order valence-corrected chi connectivity index (χ0v) is 12.8. The Hall–Kier alpha value is -1.09. The second kappa shape index (κ2) is 5.70. The largest absolute Gasteiger partial charge is 0.357 e. The van der Waals surface area contributed by atoms with Crippen LogP contribution >= 0.6 is 0 Å². The standard InChI is InChI=1S/C15H27N3/c1-11(2)18(7)14-9-8-13(12(3)17-14)10-16-15(4,5)6/h8-9,11,16H,10H2,1-7H3. The molecule has 3 nitrogen and oxygen atoms in total. The van der Waals surface area contributed by atoms with Crippen LogP contribution in [-0.4, -0.2) is 23.6 Å². The van der Waals surface area contributed by atoms with E-state index in [0.717, 1.165) is 18.1 Å². The van der Waals surface area contributed by atoms with Gasteiger partial charge in [0.1, 0.15) is 5.82 Å². The third-order valence-electron chi connectivity index (χ3n) is 3.13. The van der Waals surface area contributed by atoms with Crippen molar-refractivity contribution in [2.75, 3.05) is 11.9 Å². The summed E-state index contributed by atoms with van der Waals surface area (Å²) in [5.74, 6) is 1.04. The molecule has 0 amide bonds. The highest BCUT2D eigenvalue weighted by atomic mass is 15.2. The van der Waals surface area contributed by atoms with E-state index < -0.39 is 0 Å². The van der Waals surface area contributed by atoms with Gasteiger partial charge >= 0.3 is 0 Å². The second-order valence-corrected chi connectivity index (χ2v) is 6.22. The van der Waals surface area contributed by atoms with E-state index in [9.17, 15) is 0 Å². The van der Waals surface area contributed by atoms with Crippen molar-refractivity contribution in [2.45, 2.75) is 59.7 Å². The van der Waals surface area contributed by atoms with Crippen molar-refractivity contribution in [3.63, 3.8) is 0 Å². The molecule has 0 aliphatic carbocycles. The minimum atomic E-state index is 0.139. The second-order valence-electron chi connectivity index (χ2n) is 6.22. The molecule has 0 spiro atoms. The zero-order chi connectivity index (χ0) is 13.9. The van der Waals surface area contributed by atoms with Gasteiger partial charge in [0, 0.05) is 30.9 Å². The summed E-state index contributed by atoms with van der Waals surface area (Å²) in [6, 6.07) is 4.75. The number of nitrogens with zero attached hydrogens (tertiary/aromatic N) is 2. The molecule has 0 aliphatic rings. The van der Waals surface area contributed by atoms with Crippen LogP contribution in [0.3, 0.4) is 0 Å². The van der Waals surface area contributed by atoms with Crippen molar-refractivity contribution < 1.29 is 0 Å². The molecule has 1 aromatic rings. The lowest BCUT2D eigenvalue weighted by Crippen LogP contribution is -2.35. The van der Waals surface area contributed by atoms with E-state index in [-0.39, 0.29) is 5.54 Å². The highest BCUT2D eigenvalue weighted by Crippen LogP contribution is 2.16. The molecule has 1 rings (SSSR count). The van der Waals surface area contributed by atoms with Crippen molar-refractivity contribution in [1.29, 1.82) is 0 Å². The average molecular weight is 249 g/mol. The summed E-state index contributed by atoms with van der Waals surface area (Å²) < 4.78 is 0. The summed E-state index contributed by atoms with van der Waals surface area (Å²) in [6.07, 6.45) is 0. The zero-order valence-electron chi connectivity index (χ0n) is 12.8. The fourth-order valence-electron chi connectivity index (χ4n) is 1.58. The first kappa shape index (κ1) is 15.0. The predicted molar refractivity (Wildman–Crippen MR) is 79.1 cm³/mol. The number of hydrogen-bond donors (Lipinski definition) is 1. The minimum absolute atomic E-state index is 0.139. The van der Waals surface area contributed by atoms with Gasteiger partial charge < -0.3 is 10.2 Å². The Morgan fingerprint density at radius 2 is 1.89 bits per heavy atom. The predicted octanol–water partition coefficient (Wildman–Crippen LogP) is 3.12. The van der Waals surface area contributed by atoms with Gasteiger partial charge in [-0.05, 0) is 53.2 Å². The van der Waals surface area contributed by atoms with Crippen LogP contribution in [0.4, 0.5) is 5.82 Å². The first-order chi connectivity index (χ1) is 8.20. The Kier molecular flexibility index (Phi) is 4.74. The van der Waals surface area contributed by atoms with Gasteiger partial charge in [-0.2, -0.15) is 0 Å². The van der Waals surface area contributed by atoms with Crippen LogP contribution in [0.1, 0.15) is 45.9 Å². The molecule has 1 N–H and O–H groups in total. The summed E-state index contributed by atoms with van der Waals surface area (Å²) >= 11 is 0. The van der Waals surface area contributed by atoms with Gasteiger partial charge in [-0.15, -0.1) is 0 Å². The molecule has 102 valence electrons. The number of rotatable bonds is 4. The van der Waals surface area contributed by atoms with Crippen LogP contribution in [0, 0.1) is 6.92 Å². The van der Waals surface area contributed by atoms with Crippen molar-refractivity contribution in [3.05, 3.63) is 23.4 Å². The van der Waals surface area contributed by atoms with E-state index in [1.165, 1.54) is 5.56 Å². The molecule has 0 saturated heterocycles. The van der Waals surface area contributed by atoms with Crippen molar-refractivity contribution >= 4 is 5.82 Å². The van der Waals surface area contributed by atoms with E-state index in [0.29, 0.717) is 6.04 Å². The molecule has 0 fully saturated rings. The van der Waals surface area contributed by atoms with Crippen molar-refractivity contribution in [2.24, 2.45) is 0 Å². The molecular formula is C15H27N3. The van der Waals surface area contributed by atoms with E-state index in [1.54, 1.807) is 0 Å². The molecule has 3 heteroatoms. The van der Waals surface area contributed by atoms with Crippen LogP contribution in [0.15, 0.2) is 12.1 Å². The summed E-state index contributed by atoms with van der Waals surface area (Å²) in [6.45, 7) is 13.8. The van der Waals surface area contributed by atoms with Crippen LogP contribution in [0.25, 0.3) is 0 Å². The van der Waals surface area contributed by atoms with E-state index in [2.05, 4.69) is 75.9 Å². The van der Waals surface area contributed by atoms with E-state index in [1.807, 2.05) is 0 Å². The summed E-state index contributed by atoms with van der Waals surface area (Å²) in [7, 11) is 2.08. The molecule has 0 atom stereocenters. The van der Waals surface area contributed by atoms with Crippen molar-refractivity contribution in [1.82, 2.24) is 10.3 Å². The molecule has 0 unspecified atom stereocenters. The topological polar surface area (TPSA) is 28.2 Å². The van der Waals surface area contributed by atoms with Crippen molar-refractivity contribution in [3.8, 4) is 0 Å². The lowest BCUT2D eigenvalue weighted by atomic mass is 10.1. The fourth-order valence-corrected chi connectivity index (χ4v) is 1.58. The molecule has 0 aromatic carbocycles. The van der Waals surface area contributed by atoms with Crippen LogP contribution in [-0.2, 0) is 6.54 Å². The maximum absolute atomic E-state index is 4.68. The third kappa shape index (κ3) is 4.30. The first-order valence-corrected chi connectivity index (χ1v) is 6.65. The maximum atomic E-state index is 4.68. The molecule has 0 bridgehead atoms. The van der Waals surface area contributed by atoms with Crippen LogP contribution in [0.5, 0.6) is 0 Å². The number of anilines is 1. The lowest BCUT2D eigenvalue weighted by Gasteiger charge is -2.24. The molecule has 1 aromatic heterocycles. The quantitative estimate of drug-likeness (QED) is 0.888. The van der Waals surface area contributed by atoms with E-state index >= 15 is 0 Å². The first-order valence-electron chi connectivity index (χ1n) is 6.65. The van der Waals surface area contributed by atoms with Crippen LogP contribution < -0.4 is 10.2 Å². The summed E-state index contributed by atoms with van der Waals surface area (Å²) in [4.78, 5) is 6.87. The number of pyridine rings is 1. The Morgan fingerprint density at radius 1 is 1.28 bits per heavy atom. The molecule has 1 heterocycles. The van der Waals surface area contributed by atoms with Gasteiger partial charge in [0.25, 0.3) is 0 Å². The Labute approximate surface area is 112 Å². The Morgan fingerprint density at radius 3 is 2.33 bits per heavy atom. The number of hydrogen-bond acceptors (Lipinski definition) is 3.